The summed E-state index contributed by atoms with van der Waals surface area (Å²) in [5, 5.41) is 0.726. The highest BCUT2D eigenvalue weighted by molar-refractivity contribution is 9.09. The van der Waals surface area contributed by atoms with Crippen molar-refractivity contribution in [3.8, 4) is 0 Å². The molecule has 0 aliphatic carbocycles. The molecule has 0 radical (unpaired) electrons. The van der Waals surface area contributed by atoms with E-state index in [1.807, 2.05) is 24.6 Å². The van der Waals surface area contributed by atoms with Gasteiger partial charge in [0.05, 0.1) is 0 Å². The van der Waals surface area contributed by atoms with Crippen molar-refractivity contribution in [1.29, 1.82) is 0 Å². The summed E-state index contributed by atoms with van der Waals surface area (Å²) < 4.78 is 0. The van der Waals surface area contributed by atoms with Crippen molar-refractivity contribution < 1.29 is 4.79 Å². The van der Waals surface area contributed by atoms with Gasteiger partial charge in [-0.05, 0) is 30.7 Å². The molecule has 0 saturated carbocycles. The molecule has 0 aliphatic heterocycles. The van der Waals surface area contributed by atoms with Crippen molar-refractivity contribution >= 4 is 45.2 Å². The lowest BCUT2D eigenvalue weighted by Gasteiger charge is -2.07. The fourth-order valence-electron chi connectivity index (χ4n) is 1.25. The number of ketones is 1. The van der Waals surface area contributed by atoms with Crippen molar-refractivity contribution in [3.63, 3.8) is 0 Å². The van der Waals surface area contributed by atoms with Crippen LogP contribution in [0.2, 0.25) is 0 Å². The number of carbonyl (C=O) groups is 1. The fraction of sp³-hybridized carbons (Fsp3) is 0.364. The summed E-state index contributed by atoms with van der Waals surface area (Å²) in [5.41, 5.74) is 0.847. The second-order valence-electron chi connectivity index (χ2n) is 2.93. The van der Waals surface area contributed by atoms with Crippen molar-refractivity contribution in [3.05, 3.63) is 23.8 Å². The monoisotopic (exact) mass is 304 g/mol. The van der Waals surface area contributed by atoms with Gasteiger partial charge in [-0.3, -0.25) is 4.79 Å². The van der Waals surface area contributed by atoms with Gasteiger partial charge in [0.15, 0.2) is 5.78 Å². The molecular formula is C11H13BrOS2. The summed E-state index contributed by atoms with van der Waals surface area (Å²) >= 11 is 6.62. The van der Waals surface area contributed by atoms with E-state index in [0.29, 0.717) is 6.42 Å². The van der Waals surface area contributed by atoms with Crippen LogP contribution >= 0.6 is 39.5 Å². The van der Waals surface area contributed by atoms with Crippen molar-refractivity contribution in [1.82, 2.24) is 0 Å². The average molecular weight is 305 g/mol. The van der Waals surface area contributed by atoms with Crippen LogP contribution in [0.1, 0.15) is 16.8 Å². The SMILES string of the molecule is CSc1ccc(C(=O)CCBr)c(SC)c1. The van der Waals surface area contributed by atoms with Gasteiger partial charge in [-0.1, -0.05) is 15.9 Å². The van der Waals surface area contributed by atoms with Gasteiger partial charge in [0.1, 0.15) is 0 Å². The van der Waals surface area contributed by atoms with Crippen LogP contribution in [-0.4, -0.2) is 23.6 Å². The second kappa shape index (κ2) is 6.61. The topological polar surface area (TPSA) is 17.1 Å². The molecule has 0 unspecified atom stereocenters. The second-order valence-corrected chi connectivity index (χ2v) is 5.45. The lowest BCUT2D eigenvalue weighted by atomic mass is 10.1. The van der Waals surface area contributed by atoms with E-state index in [9.17, 15) is 4.79 Å². The van der Waals surface area contributed by atoms with E-state index in [-0.39, 0.29) is 5.78 Å². The minimum Gasteiger partial charge on any atom is -0.294 e. The third-order valence-corrected chi connectivity index (χ3v) is 3.93. The molecule has 0 heterocycles. The van der Waals surface area contributed by atoms with Crippen LogP contribution in [0.4, 0.5) is 0 Å². The quantitative estimate of drug-likeness (QED) is 0.463. The molecule has 1 aromatic rings. The number of Topliss-reactive ketones (excluding diaryl/α,β-unsaturated/α-hetero) is 1. The van der Waals surface area contributed by atoms with E-state index in [0.717, 1.165) is 15.8 Å². The van der Waals surface area contributed by atoms with Crippen LogP contribution in [0.25, 0.3) is 0 Å². The van der Waals surface area contributed by atoms with Crippen LogP contribution in [0, 0.1) is 0 Å². The molecule has 0 aliphatic rings. The zero-order chi connectivity index (χ0) is 11.3. The Morgan fingerprint density at radius 1 is 1.33 bits per heavy atom. The molecule has 0 N–H and O–H groups in total. The summed E-state index contributed by atoms with van der Waals surface area (Å²) in [6.07, 6.45) is 4.61. The number of halogens is 1. The maximum Gasteiger partial charge on any atom is 0.164 e. The summed E-state index contributed by atoms with van der Waals surface area (Å²) in [6, 6.07) is 6.02. The summed E-state index contributed by atoms with van der Waals surface area (Å²) in [7, 11) is 0. The minimum atomic E-state index is 0.212. The Balaban J connectivity index is 3.02. The third-order valence-electron chi connectivity index (χ3n) is 2.03. The molecule has 0 fully saturated rings. The first-order chi connectivity index (χ1) is 7.22. The molecule has 15 heavy (non-hydrogen) atoms. The molecular weight excluding hydrogens is 292 g/mol. The summed E-state index contributed by atoms with van der Waals surface area (Å²) in [6.45, 7) is 0. The Hall–Kier alpha value is 0.0700. The van der Waals surface area contributed by atoms with Crippen molar-refractivity contribution in [2.45, 2.75) is 16.2 Å². The van der Waals surface area contributed by atoms with Crippen LogP contribution in [-0.2, 0) is 0 Å². The molecule has 0 atom stereocenters. The van der Waals surface area contributed by atoms with Gasteiger partial charge >= 0.3 is 0 Å². The summed E-state index contributed by atoms with van der Waals surface area (Å²) in [5.74, 6) is 0.212. The van der Waals surface area contributed by atoms with E-state index in [1.165, 1.54) is 4.90 Å². The first kappa shape index (κ1) is 13.1. The van der Waals surface area contributed by atoms with E-state index in [2.05, 4.69) is 22.0 Å². The van der Waals surface area contributed by atoms with E-state index in [4.69, 9.17) is 0 Å². The highest BCUT2D eigenvalue weighted by Crippen LogP contribution is 2.27. The Bertz CT molecular complexity index is 352. The first-order valence-corrected chi connectivity index (χ1v) is 8.11. The molecule has 0 saturated heterocycles. The lowest BCUT2D eigenvalue weighted by molar-refractivity contribution is 0.0987. The molecule has 1 aromatic carbocycles. The largest absolute Gasteiger partial charge is 0.294 e. The van der Waals surface area contributed by atoms with Crippen LogP contribution < -0.4 is 0 Å². The zero-order valence-electron chi connectivity index (χ0n) is 8.75. The van der Waals surface area contributed by atoms with Gasteiger partial charge in [0.25, 0.3) is 0 Å². The Kier molecular flexibility index (Phi) is 5.79. The van der Waals surface area contributed by atoms with E-state index < -0.39 is 0 Å². The van der Waals surface area contributed by atoms with Gasteiger partial charge in [-0.2, -0.15) is 0 Å². The maximum absolute atomic E-state index is 11.8. The molecule has 0 amide bonds. The zero-order valence-corrected chi connectivity index (χ0v) is 12.0. The standard InChI is InChI=1S/C11H13BrOS2/c1-14-8-3-4-9(10(13)5-6-12)11(7-8)15-2/h3-4,7H,5-6H2,1-2H3. The molecule has 4 heteroatoms. The van der Waals surface area contributed by atoms with Crippen molar-refractivity contribution in [2.75, 3.05) is 17.8 Å². The highest BCUT2D eigenvalue weighted by atomic mass is 79.9. The Labute approximate surface area is 108 Å². The number of rotatable bonds is 5. The molecule has 0 bridgehead atoms. The normalized spacial score (nSPS) is 10.3. The van der Waals surface area contributed by atoms with Crippen LogP contribution in [0.15, 0.2) is 28.0 Å². The van der Waals surface area contributed by atoms with Gasteiger partial charge in [0, 0.05) is 27.1 Å². The van der Waals surface area contributed by atoms with Gasteiger partial charge in [-0.25, -0.2) is 0 Å². The first-order valence-electron chi connectivity index (χ1n) is 4.54. The van der Waals surface area contributed by atoms with E-state index in [1.54, 1.807) is 23.5 Å². The number of hydrogen-bond acceptors (Lipinski definition) is 3. The predicted molar refractivity (Wildman–Crippen MR) is 72.7 cm³/mol. The van der Waals surface area contributed by atoms with E-state index >= 15 is 0 Å². The summed E-state index contributed by atoms with van der Waals surface area (Å²) in [4.78, 5) is 14.1. The molecule has 1 rings (SSSR count). The van der Waals surface area contributed by atoms with Crippen LogP contribution in [0.5, 0.6) is 0 Å². The third kappa shape index (κ3) is 3.54. The Morgan fingerprint density at radius 3 is 2.60 bits per heavy atom. The van der Waals surface area contributed by atoms with Gasteiger partial charge < -0.3 is 0 Å². The van der Waals surface area contributed by atoms with Crippen LogP contribution in [0.3, 0.4) is 0 Å². The fourth-order valence-corrected chi connectivity index (χ4v) is 2.77. The van der Waals surface area contributed by atoms with Gasteiger partial charge in [0.2, 0.25) is 0 Å². The lowest BCUT2D eigenvalue weighted by Crippen LogP contribution is -2.01. The van der Waals surface area contributed by atoms with Gasteiger partial charge in [-0.15, -0.1) is 23.5 Å². The number of thioether (sulfide) groups is 2. The smallest absolute Gasteiger partial charge is 0.164 e. The number of benzene rings is 1. The molecule has 1 nitrogen and oxygen atoms in total. The highest BCUT2D eigenvalue weighted by Gasteiger charge is 2.10. The molecule has 82 valence electrons. The number of carbonyl (C=O) groups excluding carboxylic acids is 1. The van der Waals surface area contributed by atoms with Crippen molar-refractivity contribution in [2.24, 2.45) is 0 Å². The molecule has 0 spiro atoms. The number of alkyl halides is 1. The maximum atomic E-state index is 11.8. The average Bonchev–Trinajstić information content (AvgIpc) is 2.28. The number of hydrogen-bond donors (Lipinski definition) is 0. The predicted octanol–water partition coefficient (Wildman–Crippen LogP) is 4.10. The Morgan fingerprint density at radius 2 is 2.07 bits per heavy atom. The minimum absolute atomic E-state index is 0.212. The molecule has 0 aromatic heterocycles.